The lowest BCUT2D eigenvalue weighted by molar-refractivity contribution is -0.151. The van der Waals surface area contributed by atoms with Crippen LogP contribution in [-0.2, 0) is 29.2 Å². The first kappa shape index (κ1) is 18.9. The highest BCUT2D eigenvalue weighted by molar-refractivity contribution is 7.87. The third kappa shape index (κ3) is 8.11. The van der Waals surface area contributed by atoms with Crippen molar-refractivity contribution < 1.29 is 32.0 Å². The molecule has 1 N–H and O–H groups in total. The van der Waals surface area contributed by atoms with Gasteiger partial charge in [0.05, 0.1) is 19.6 Å². The van der Waals surface area contributed by atoms with E-state index in [0.29, 0.717) is 0 Å². The normalized spacial score (nSPS) is 13.3. The first-order chi connectivity index (χ1) is 9.04. The highest BCUT2D eigenvalue weighted by atomic mass is 32.2. The van der Waals surface area contributed by atoms with E-state index in [2.05, 4.69) is 0 Å². The van der Waals surface area contributed by atoms with E-state index in [0.717, 1.165) is 0 Å². The lowest BCUT2D eigenvalue weighted by Crippen LogP contribution is -2.35. The van der Waals surface area contributed by atoms with Crippen LogP contribution >= 0.6 is 0 Å². The molecule has 0 aromatic heterocycles. The van der Waals surface area contributed by atoms with Crippen LogP contribution in [0, 0.1) is 11.8 Å². The van der Waals surface area contributed by atoms with Crippen LogP contribution < -0.4 is 0 Å². The number of ether oxygens (including phenoxy) is 2. The van der Waals surface area contributed by atoms with Crippen LogP contribution in [0.1, 0.15) is 34.1 Å². The van der Waals surface area contributed by atoms with E-state index in [9.17, 15) is 18.0 Å². The third-order valence-corrected chi connectivity index (χ3v) is 3.19. The average molecular weight is 310 g/mol. The zero-order valence-electron chi connectivity index (χ0n) is 12.2. The van der Waals surface area contributed by atoms with Crippen molar-refractivity contribution >= 4 is 22.1 Å². The Kier molecular flexibility index (Phi) is 7.74. The van der Waals surface area contributed by atoms with Crippen LogP contribution in [0.5, 0.6) is 0 Å². The molecule has 8 heteroatoms. The summed E-state index contributed by atoms with van der Waals surface area (Å²) in [6.45, 7) is 7.28. The van der Waals surface area contributed by atoms with Crippen LogP contribution in [0.3, 0.4) is 0 Å². The molecule has 0 heterocycles. The largest absolute Gasteiger partial charge is 0.465 e. The summed E-state index contributed by atoms with van der Waals surface area (Å²) >= 11 is 0. The van der Waals surface area contributed by atoms with Crippen LogP contribution in [0.15, 0.2) is 0 Å². The molecule has 7 nitrogen and oxygen atoms in total. The molecule has 0 spiro atoms. The van der Waals surface area contributed by atoms with Gasteiger partial charge in [0.25, 0.3) is 10.1 Å². The maximum absolute atomic E-state index is 11.6. The van der Waals surface area contributed by atoms with Crippen LogP contribution in [0.4, 0.5) is 0 Å². The Morgan fingerprint density at radius 1 is 1.00 bits per heavy atom. The molecule has 0 aromatic carbocycles. The van der Waals surface area contributed by atoms with Gasteiger partial charge in [-0.15, -0.1) is 0 Å². The SMILES string of the molecule is CC(C)COC(=O)CC(C(=O)OCC(C)C)S(=O)(=O)O. The fraction of sp³-hybridized carbons (Fsp3) is 0.833. The summed E-state index contributed by atoms with van der Waals surface area (Å²) in [4.78, 5) is 23.0. The molecule has 0 aromatic rings. The second-order valence-corrected chi connectivity index (χ2v) is 6.91. The predicted octanol–water partition coefficient (Wildman–Crippen LogP) is 1.03. The Morgan fingerprint density at radius 3 is 1.85 bits per heavy atom. The van der Waals surface area contributed by atoms with Gasteiger partial charge in [0.1, 0.15) is 0 Å². The molecule has 0 radical (unpaired) electrons. The number of carbonyl (C=O) groups excluding carboxylic acids is 2. The van der Waals surface area contributed by atoms with Crippen LogP contribution in [-0.4, -0.2) is 43.4 Å². The molecule has 1 unspecified atom stereocenters. The number of esters is 2. The monoisotopic (exact) mass is 310 g/mol. The summed E-state index contributed by atoms with van der Waals surface area (Å²) in [7, 11) is -4.72. The van der Waals surface area contributed by atoms with Gasteiger partial charge in [0.2, 0.25) is 0 Å². The van der Waals surface area contributed by atoms with Gasteiger partial charge in [-0.2, -0.15) is 8.42 Å². The van der Waals surface area contributed by atoms with Crippen molar-refractivity contribution in [2.24, 2.45) is 11.8 Å². The minimum absolute atomic E-state index is 0.00585. The van der Waals surface area contributed by atoms with E-state index in [4.69, 9.17) is 14.0 Å². The van der Waals surface area contributed by atoms with E-state index in [1.165, 1.54) is 0 Å². The molecule has 0 fully saturated rings. The van der Waals surface area contributed by atoms with Crippen LogP contribution in [0.2, 0.25) is 0 Å². The maximum Gasteiger partial charge on any atom is 0.327 e. The second kappa shape index (κ2) is 8.21. The van der Waals surface area contributed by atoms with Gasteiger partial charge in [0.15, 0.2) is 5.25 Å². The van der Waals surface area contributed by atoms with Gasteiger partial charge < -0.3 is 9.47 Å². The Bertz CT molecular complexity index is 425. The summed E-state index contributed by atoms with van der Waals surface area (Å²) in [5.41, 5.74) is 0. The summed E-state index contributed by atoms with van der Waals surface area (Å²) < 4.78 is 40.8. The average Bonchev–Trinajstić information content (AvgIpc) is 2.28. The molecule has 1 atom stereocenters. The zero-order chi connectivity index (χ0) is 15.9. The van der Waals surface area contributed by atoms with Gasteiger partial charge in [-0.05, 0) is 11.8 Å². The molecule has 0 saturated carbocycles. The number of carbonyl (C=O) groups is 2. The lowest BCUT2D eigenvalue weighted by atomic mass is 10.2. The molecule has 0 aliphatic heterocycles. The fourth-order valence-corrected chi connectivity index (χ4v) is 1.78. The minimum Gasteiger partial charge on any atom is -0.465 e. The summed E-state index contributed by atoms with van der Waals surface area (Å²) in [6.07, 6.45) is -0.761. The molecule has 0 amide bonds. The number of hydrogen-bond donors (Lipinski definition) is 1. The Balaban J connectivity index is 4.67. The van der Waals surface area contributed by atoms with Crippen molar-refractivity contribution in [2.45, 2.75) is 39.4 Å². The van der Waals surface area contributed by atoms with Crippen molar-refractivity contribution in [1.82, 2.24) is 0 Å². The third-order valence-electron chi connectivity index (χ3n) is 2.11. The van der Waals surface area contributed by atoms with E-state index >= 15 is 0 Å². The maximum atomic E-state index is 11.6. The van der Waals surface area contributed by atoms with Crippen molar-refractivity contribution in [1.29, 1.82) is 0 Å². The summed E-state index contributed by atoms with van der Waals surface area (Å²) in [6, 6.07) is 0. The molecular weight excluding hydrogens is 288 g/mol. The van der Waals surface area contributed by atoms with Gasteiger partial charge in [-0.25, -0.2) is 0 Å². The second-order valence-electron chi connectivity index (χ2n) is 5.31. The topological polar surface area (TPSA) is 107 Å². The highest BCUT2D eigenvalue weighted by Gasteiger charge is 2.35. The van der Waals surface area contributed by atoms with E-state index in [1.807, 2.05) is 13.8 Å². The van der Waals surface area contributed by atoms with Crippen molar-refractivity contribution in [3.05, 3.63) is 0 Å². The first-order valence-electron chi connectivity index (χ1n) is 6.32. The van der Waals surface area contributed by atoms with Gasteiger partial charge in [0, 0.05) is 0 Å². The van der Waals surface area contributed by atoms with Crippen molar-refractivity contribution in [3.8, 4) is 0 Å². The molecule has 20 heavy (non-hydrogen) atoms. The molecule has 0 aliphatic rings. The van der Waals surface area contributed by atoms with Gasteiger partial charge in [-0.1, -0.05) is 27.7 Å². The standard InChI is InChI=1S/C12H22O7S/c1-8(2)6-18-11(13)5-10(20(15,16)17)12(14)19-7-9(3)4/h8-10H,5-7H2,1-4H3,(H,15,16,17). The van der Waals surface area contributed by atoms with Gasteiger partial charge >= 0.3 is 11.9 Å². The van der Waals surface area contributed by atoms with Gasteiger partial charge in [-0.3, -0.25) is 14.1 Å². The molecule has 118 valence electrons. The quantitative estimate of drug-likeness (QED) is 0.527. The summed E-state index contributed by atoms with van der Waals surface area (Å²) in [5, 5.41) is -1.94. The van der Waals surface area contributed by atoms with E-state index in [-0.39, 0.29) is 25.0 Å². The van der Waals surface area contributed by atoms with Crippen LogP contribution in [0.25, 0.3) is 0 Å². The lowest BCUT2D eigenvalue weighted by Gasteiger charge is -2.14. The zero-order valence-corrected chi connectivity index (χ0v) is 13.0. The Hall–Kier alpha value is -1.15. The van der Waals surface area contributed by atoms with Crippen molar-refractivity contribution in [3.63, 3.8) is 0 Å². The molecular formula is C12H22O7S. The Morgan fingerprint density at radius 2 is 1.45 bits per heavy atom. The molecule has 0 saturated heterocycles. The minimum atomic E-state index is -4.72. The Labute approximate surface area is 119 Å². The first-order valence-corrected chi connectivity index (χ1v) is 7.83. The summed E-state index contributed by atoms with van der Waals surface area (Å²) in [5.74, 6) is -1.93. The number of rotatable bonds is 8. The predicted molar refractivity (Wildman–Crippen MR) is 71.5 cm³/mol. The molecule has 0 aliphatic carbocycles. The van der Waals surface area contributed by atoms with Crippen molar-refractivity contribution in [2.75, 3.05) is 13.2 Å². The highest BCUT2D eigenvalue weighted by Crippen LogP contribution is 2.10. The number of hydrogen-bond acceptors (Lipinski definition) is 6. The smallest absolute Gasteiger partial charge is 0.327 e. The van der Waals surface area contributed by atoms with E-state index < -0.39 is 33.7 Å². The molecule has 0 rings (SSSR count). The molecule has 0 bridgehead atoms. The van der Waals surface area contributed by atoms with E-state index in [1.54, 1.807) is 13.8 Å². The fourth-order valence-electron chi connectivity index (χ4n) is 1.12.